The van der Waals surface area contributed by atoms with Crippen molar-refractivity contribution >= 4 is 34.4 Å². The number of amides is 1. The summed E-state index contributed by atoms with van der Waals surface area (Å²) >= 11 is 6.33. The first-order valence-corrected chi connectivity index (χ1v) is 11.3. The van der Waals surface area contributed by atoms with Crippen LogP contribution in [-0.2, 0) is 9.59 Å². The molecule has 8 heteroatoms. The number of ether oxygens (including phenoxy) is 1. The Balaban J connectivity index is 1.61. The number of hydrogen-bond acceptors (Lipinski definition) is 5. The molecule has 1 aliphatic rings. The number of aliphatic carboxylic acids is 1. The Morgan fingerprint density at radius 2 is 2.00 bits per heavy atom. The predicted molar refractivity (Wildman–Crippen MR) is 125 cm³/mol. The van der Waals surface area contributed by atoms with Crippen LogP contribution < -0.4 is 10.4 Å². The van der Waals surface area contributed by atoms with E-state index in [2.05, 4.69) is 0 Å². The Labute approximate surface area is 195 Å². The molecule has 0 aliphatic carbocycles. The molecular weight excluding hydrogens is 446 g/mol. The van der Waals surface area contributed by atoms with Crippen LogP contribution in [-0.4, -0.2) is 41.1 Å². The molecule has 1 aliphatic heterocycles. The van der Waals surface area contributed by atoms with Crippen molar-refractivity contribution in [2.45, 2.75) is 32.3 Å². The molecule has 1 fully saturated rings. The van der Waals surface area contributed by atoms with Crippen molar-refractivity contribution < 1.29 is 23.8 Å². The molecule has 7 nitrogen and oxygen atoms in total. The lowest BCUT2D eigenvalue weighted by atomic mass is 9.97. The van der Waals surface area contributed by atoms with Gasteiger partial charge >= 0.3 is 11.6 Å². The maximum absolute atomic E-state index is 13.0. The Kier molecular flexibility index (Phi) is 6.70. The minimum atomic E-state index is -0.889. The van der Waals surface area contributed by atoms with Gasteiger partial charge in [0.05, 0.1) is 5.92 Å². The molecule has 172 valence electrons. The maximum atomic E-state index is 13.0. The van der Waals surface area contributed by atoms with Gasteiger partial charge in [-0.1, -0.05) is 36.7 Å². The topological polar surface area (TPSA) is 97.0 Å². The van der Waals surface area contributed by atoms with Gasteiger partial charge in [-0.25, -0.2) is 4.79 Å². The summed E-state index contributed by atoms with van der Waals surface area (Å²) in [5, 5.41) is 10.5. The first kappa shape index (κ1) is 22.9. The lowest BCUT2D eigenvalue weighted by Crippen LogP contribution is -2.48. The third-order valence-electron chi connectivity index (χ3n) is 5.89. The van der Waals surface area contributed by atoms with Crippen molar-refractivity contribution in [2.24, 2.45) is 5.92 Å². The van der Waals surface area contributed by atoms with Crippen LogP contribution in [0, 0.1) is 5.92 Å². The summed E-state index contributed by atoms with van der Waals surface area (Å²) in [6, 6.07) is 13.7. The van der Waals surface area contributed by atoms with Crippen molar-refractivity contribution in [2.75, 3.05) is 13.1 Å². The SMILES string of the molecule is CCC(Oc1ccc2c(-c3ccccc3Cl)cc(=O)oc2c1)C(=O)N1CCC[C@H](C(=O)O)C1. The van der Waals surface area contributed by atoms with E-state index in [9.17, 15) is 19.5 Å². The van der Waals surface area contributed by atoms with E-state index in [0.717, 1.165) is 0 Å². The molecule has 1 saturated heterocycles. The molecular formula is C25H24ClNO6. The first-order valence-electron chi connectivity index (χ1n) is 10.9. The molecule has 2 aromatic carbocycles. The number of hydrogen-bond donors (Lipinski definition) is 1. The smallest absolute Gasteiger partial charge is 0.336 e. The number of carbonyl (C=O) groups excluding carboxylic acids is 1. The molecule has 2 heterocycles. The number of nitrogens with zero attached hydrogens (tertiary/aromatic N) is 1. The van der Waals surface area contributed by atoms with E-state index in [1.807, 2.05) is 25.1 Å². The molecule has 0 radical (unpaired) electrons. The normalized spacial score (nSPS) is 17.0. The van der Waals surface area contributed by atoms with Gasteiger partial charge in [0, 0.05) is 46.8 Å². The van der Waals surface area contributed by atoms with Crippen molar-refractivity contribution in [3.63, 3.8) is 0 Å². The van der Waals surface area contributed by atoms with Crippen LogP contribution >= 0.6 is 11.6 Å². The van der Waals surface area contributed by atoms with Gasteiger partial charge in [-0.2, -0.15) is 0 Å². The molecule has 3 aromatic rings. The van der Waals surface area contributed by atoms with Crippen molar-refractivity contribution in [3.8, 4) is 16.9 Å². The minimum Gasteiger partial charge on any atom is -0.481 e. The molecule has 33 heavy (non-hydrogen) atoms. The van der Waals surface area contributed by atoms with Crippen LogP contribution in [0.3, 0.4) is 0 Å². The standard InChI is InChI=1S/C25H24ClNO6/c1-2-21(24(29)27-11-5-6-15(14-27)25(30)31)32-16-9-10-18-19(13-23(28)33-22(18)12-16)17-7-3-4-8-20(17)26/h3-4,7-10,12-13,15,21H,2,5-6,11,14H2,1H3,(H,30,31)/t15-,21?/m0/s1. The molecule has 2 atom stereocenters. The highest BCUT2D eigenvalue weighted by atomic mass is 35.5. The van der Waals surface area contributed by atoms with Gasteiger partial charge in [-0.15, -0.1) is 0 Å². The number of halogens is 1. The van der Waals surface area contributed by atoms with Gasteiger partial charge in [-0.3, -0.25) is 9.59 Å². The highest BCUT2D eigenvalue weighted by Gasteiger charge is 2.32. The maximum Gasteiger partial charge on any atom is 0.336 e. The Morgan fingerprint density at radius 3 is 2.73 bits per heavy atom. The molecule has 1 N–H and O–H groups in total. The van der Waals surface area contributed by atoms with Crippen LogP contribution in [0.2, 0.25) is 5.02 Å². The molecule has 1 amide bonds. The Bertz CT molecular complexity index is 1250. The molecule has 0 spiro atoms. The van der Waals surface area contributed by atoms with E-state index in [-0.39, 0.29) is 12.5 Å². The number of likely N-dealkylation sites (tertiary alicyclic amines) is 1. The summed E-state index contributed by atoms with van der Waals surface area (Å²) in [5.41, 5.74) is 1.16. The second-order valence-corrected chi connectivity index (χ2v) is 8.50. The van der Waals surface area contributed by atoms with Gasteiger partial charge in [0.25, 0.3) is 5.91 Å². The summed E-state index contributed by atoms with van der Waals surface area (Å²) in [4.78, 5) is 38.1. The van der Waals surface area contributed by atoms with Crippen LogP contribution in [0.4, 0.5) is 0 Å². The van der Waals surface area contributed by atoms with Gasteiger partial charge < -0.3 is 19.2 Å². The van der Waals surface area contributed by atoms with Gasteiger partial charge in [0.2, 0.25) is 0 Å². The van der Waals surface area contributed by atoms with Crippen molar-refractivity contribution in [1.29, 1.82) is 0 Å². The Hall–Kier alpha value is -3.32. The predicted octanol–water partition coefficient (Wildman–Crippen LogP) is 4.59. The van der Waals surface area contributed by atoms with E-state index < -0.39 is 23.6 Å². The molecule has 4 rings (SSSR count). The first-order chi connectivity index (χ1) is 15.9. The fraction of sp³-hybridized carbons (Fsp3) is 0.320. The van der Waals surface area contributed by atoms with Gasteiger partial charge in [0.1, 0.15) is 11.3 Å². The van der Waals surface area contributed by atoms with Crippen LogP contribution in [0.25, 0.3) is 22.1 Å². The number of piperidine rings is 1. The summed E-state index contributed by atoms with van der Waals surface area (Å²) in [6.45, 7) is 2.52. The third-order valence-corrected chi connectivity index (χ3v) is 6.22. The van der Waals surface area contributed by atoms with E-state index >= 15 is 0 Å². The fourth-order valence-electron chi connectivity index (χ4n) is 4.17. The minimum absolute atomic E-state index is 0.182. The highest BCUT2D eigenvalue weighted by molar-refractivity contribution is 6.33. The highest BCUT2D eigenvalue weighted by Crippen LogP contribution is 2.34. The second kappa shape index (κ2) is 9.67. The summed E-state index contributed by atoms with van der Waals surface area (Å²) < 4.78 is 11.4. The monoisotopic (exact) mass is 469 g/mol. The van der Waals surface area contributed by atoms with Crippen LogP contribution in [0.5, 0.6) is 5.75 Å². The number of carbonyl (C=O) groups is 2. The van der Waals surface area contributed by atoms with E-state index in [1.54, 1.807) is 29.2 Å². The summed E-state index contributed by atoms with van der Waals surface area (Å²) in [6.07, 6.45) is 0.849. The van der Waals surface area contributed by atoms with Crippen LogP contribution in [0.15, 0.2) is 57.7 Å². The number of carboxylic acid groups (broad SMARTS) is 1. The van der Waals surface area contributed by atoms with E-state index in [1.165, 1.54) is 6.07 Å². The molecule has 1 unspecified atom stereocenters. The van der Waals surface area contributed by atoms with Gasteiger partial charge in [0.15, 0.2) is 6.10 Å². The number of rotatable bonds is 6. The lowest BCUT2D eigenvalue weighted by Gasteiger charge is -2.33. The second-order valence-electron chi connectivity index (χ2n) is 8.09. The Morgan fingerprint density at radius 1 is 1.21 bits per heavy atom. The average molecular weight is 470 g/mol. The van der Waals surface area contributed by atoms with E-state index in [0.29, 0.717) is 58.7 Å². The van der Waals surface area contributed by atoms with Crippen molar-refractivity contribution in [1.82, 2.24) is 4.90 Å². The zero-order valence-corrected chi connectivity index (χ0v) is 18.9. The number of benzene rings is 2. The van der Waals surface area contributed by atoms with Crippen LogP contribution in [0.1, 0.15) is 26.2 Å². The van der Waals surface area contributed by atoms with Gasteiger partial charge in [-0.05, 0) is 37.5 Å². The summed E-state index contributed by atoms with van der Waals surface area (Å²) in [5.74, 6) is -1.30. The van der Waals surface area contributed by atoms with E-state index in [4.69, 9.17) is 20.8 Å². The van der Waals surface area contributed by atoms with Crippen molar-refractivity contribution in [3.05, 3.63) is 64.0 Å². The fourth-order valence-corrected chi connectivity index (χ4v) is 4.41. The quantitative estimate of drug-likeness (QED) is 0.530. The zero-order chi connectivity index (χ0) is 23.5. The largest absolute Gasteiger partial charge is 0.481 e. The molecule has 1 aromatic heterocycles. The zero-order valence-electron chi connectivity index (χ0n) is 18.1. The third kappa shape index (κ3) is 4.88. The number of fused-ring (bicyclic) bond motifs is 1. The molecule has 0 saturated carbocycles. The molecule has 0 bridgehead atoms. The lowest BCUT2D eigenvalue weighted by molar-refractivity contribution is -0.148. The average Bonchev–Trinajstić information content (AvgIpc) is 2.81. The number of carboxylic acids is 1. The summed E-state index contributed by atoms with van der Waals surface area (Å²) in [7, 11) is 0.